The molecule has 5 nitrogen and oxygen atoms in total. The zero-order valence-electron chi connectivity index (χ0n) is 18.4. The molecule has 1 unspecified atom stereocenters. The van der Waals surface area contributed by atoms with Crippen molar-refractivity contribution in [2.24, 2.45) is 5.92 Å². The fourth-order valence-corrected chi connectivity index (χ4v) is 4.87. The molecule has 0 bridgehead atoms. The van der Waals surface area contributed by atoms with E-state index in [1.165, 1.54) is 5.56 Å². The Hall–Kier alpha value is -2.99. The Balaban J connectivity index is 1.24. The quantitative estimate of drug-likeness (QED) is 0.589. The largest absolute Gasteiger partial charge is 0.355 e. The van der Waals surface area contributed by atoms with Crippen LogP contribution in [0.15, 0.2) is 60.0 Å². The first-order valence-electron chi connectivity index (χ1n) is 11.2. The Bertz CT molecular complexity index is 1050. The van der Waals surface area contributed by atoms with Crippen molar-refractivity contribution in [1.29, 1.82) is 0 Å². The Morgan fingerprint density at radius 3 is 2.69 bits per heavy atom. The molecule has 0 spiro atoms. The molecule has 1 saturated heterocycles. The molecule has 6 heteroatoms. The van der Waals surface area contributed by atoms with Crippen LogP contribution in [0.3, 0.4) is 0 Å². The Morgan fingerprint density at radius 1 is 1.12 bits per heavy atom. The third-order valence-electron chi connectivity index (χ3n) is 5.87. The molecule has 1 aliphatic rings. The van der Waals surface area contributed by atoms with Crippen molar-refractivity contribution in [1.82, 2.24) is 15.2 Å². The summed E-state index contributed by atoms with van der Waals surface area (Å²) < 4.78 is 0. The van der Waals surface area contributed by atoms with Gasteiger partial charge in [0.25, 0.3) is 0 Å². The second-order valence-corrected chi connectivity index (χ2v) is 9.25. The van der Waals surface area contributed by atoms with Crippen LogP contribution in [-0.4, -0.2) is 41.3 Å². The number of piperidine rings is 1. The summed E-state index contributed by atoms with van der Waals surface area (Å²) in [5.74, 6) is -0.00182. The zero-order valence-corrected chi connectivity index (χ0v) is 19.2. The summed E-state index contributed by atoms with van der Waals surface area (Å²) in [5, 5.41) is 6.12. The van der Waals surface area contributed by atoms with Crippen LogP contribution < -0.4 is 5.32 Å². The molecule has 1 fully saturated rings. The number of nitrogens with zero attached hydrogens (tertiary/aromatic N) is 2. The summed E-state index contributed by atoms with van der Waals surface area (Å²) in [4.78, 5) is 31.9. The zero-order chi connectivity index (χ0) is 22.3. The lowest BCUT2D eigenvalue weighted by atomic mass is 9.96. The molecule has 1 aliphatic heterocycles. The number of likely N-dealkylation sites (tertiary alicyclic amines) is 1. The number of rotatable bonds is 7. The topological polar surface area (TPSA) is 62.3 Å². The highest BCUT2D eigenvalue weighted by Crippen LogP contribution is 2.24. The molecular weight excluding hydrogens is 418 g/mol. The predicted molar refractivity (Wildman–Crippen MR) is 128 cm³/mol. The molecule has 2 amide bonds. The van der Waals surface area contributed by atoms with E-state index < -0.39 is 0 Å². The van der Waals surface area contributed by atoms with Crippen LogP contribution in [0.2, 0.25) is 0 Å². The van der Waals surface area contributed by atoms with Gasteiger partial charge in [0.2, 0.25) is 11.8 Å². The van der Waals surface area contributed by atoms with Crippen LogP contribution in [0.1, 0.15) is 29.7 Å². The average Bonchev–Trinajstić information content (AvgIpc) is 3.29. The molecule has 166 valence electrons. The predicted octanol–water partition coefficient (Wildman–Crippen LogP) is 4.26. The standard InChI is InChI=1S/C26H29N3O2S/c1-19-9-11-21(12-10-19)26-28-23(18-32-26)13-14-27-25(31)22-8-5-15-29(17-22)24(30)16-20-6-3-2-4-7-20/h2-4,6-7,9-12,18,22H,5,8,13-17H2,1H3,(H,27,31). The molecule has 1 atom stereocenters. The van der Waals surface area contributed by atoms with E-state index in [1.807, 2.05) is 35.2 Å². The van der Waals surface area contributed by atoms with Gasteiger partial charge in [0.1, 0.15) is 5.01 Å². The molecular formula is C26H29N3O2S. The number of aromatic nitrogens is 1. The summed E-state index contributed by atoms with van der Waals surface area (Å²) in [6.07, 6.45) is 2.79. The SMILES string of the molecule is Cc1ccc(-c2nc(CCNC(=O)C3CCCN(C(=O)Cc4ccccc4)C3)cs2)cc1. The van der Waals surface area contributed by atoms with Gasteiger partial charge in [-0.15, -0.1) is 11.3 Å². The minimum absolute atomic E-state index is 0.0381. The monoisotopic (exact) mass is 447 g/mol. The van der Waals surface area contributed by atoms with Crippen LogP contribution in [0.4, 0.5) is 0 Å². The van der Waals surface area contributed by atoms with Gasteiger partial charge >= 0.3 is 0 Å². The van der Waals surface area contributed by atoms with E-state index >= 15 is 0 Å². The first kappa shape index (κ1) is 22.2. The molecule has 0 radical (unpaired) electrons. The summed E-state index contributed by atoms with van der Waals surface area (Å²) in [7, 11) is 0. The van der Waals surface area contributed by atoms with Crippen LogP contribution in [0.5, 0.6) is 0 Å². The molecule has 2 aromatic carbocycles. The lowest BCUT2D eigenvalue weighted by Crippen LogP contribution is -2.46. The molecule has 32 heavy (non-hydrogen) atoms. The van der Waals surface area contributed by atoms with E-state index in [0.29, 0.717) is 25.9 Å². The number of benzene rings is 2. The van der Waals surface area contributed by atoms with E-state index in [0.717, 1.165) is 41.2 Å². The summed E-state index contributed by atoms with van der Waals surface area (Å²) in [6.45, 7) is 3.87. The number of carbonyl (C=O) groups is 2. The molecule has 0 saturated carbocycles. The Labute approximate surface area is 193 Å². The van der Waals surface area contributed by atoms with Crippen LogP contribution in [-0.2, 0) is 22.4 Å². The number of nitrogens with one attached hydrogen (secondary N) is 1. The van der Waals surface area contributed by atoms with Crippen molar-refractivity contribution in [2.45, 2.75) is 32.6 Å². The van der Waals surface area contributed by atoms with Gasteiger partial charge in [-0.25, -0.2) is 4.98 Å². The van der Waals surface area contributed by atoms with E-state index in [1.54, 1.807) is 11.3 Å². The molecule has 2 heterocycles. The maximum atomic E-state index is 12.7. The number of amides is 2. The number of carbonyl (C=O) groups excluding carboxylic acids is 2. The van der Waals surface area contributed by atoms with Crippen LogP contribution >= 0.6 is 11.3 Å². The van der Waals surface area contributed by atoms with Gasteiger partial charge in [-0.3, -0.25) is 9.59 Å². The van der Waals surface area contributed by atoms with Gasteiger partial charge in [-0.2, -0.15) is 0 Å². The van der Waals surface area contributed by atoms with E-state index in [4.69, 9.17) is 4.98 Å². The number of aryl methyl sites for hydroxylation is 1. The molecule has 1 aromatic heterocycles. The average molecular weight is 448 g/mol. The van der Waals surface area contributed by atoms with Gasteiger partial charge in [0, 0.05) is 37.0 Å². The van der Waals surface area contributed by atoms with Crippen molar-refractivity contribution in [2.75, 3.05) is 19.6 Å². The third kappa shape index (κ3) is 5.82. The fourth-order valence-electron chi connectivity index (χ4n) is 4.01. The highest BCUT2D eigenvalue weighted by Gasteiger charge is 2.28. The summed E-state index contributed by atoms with van der Waals surface area (Å²) in [5.41, 5.74) is 4.36. The van der Waals surface area contributed by atoms with E-state index in [2.05, 4.69) is 41.9 Å². The van der Waals surface area contributed by atoms with Gasteiger partial charge in [-0.1, -0.05) is 60.2 Å². The lowest BCUT2D eigenvalue weighted by Gasteiger charge is -2.32. The third-order valence-corrected chi connectivity index (χ3v) is 6.81. The summed E-state index contributed by atoms with van der Waals surface area (Å²) in [6, 6.07) is 18.1. The minimum Gasteiger partial charge on any atom is -0.355 e. The van der Waals surface area contributed by atoms with Gasteiger partial charge in [-0.05, 0) is 25.3 Å². The highest BCUT2D eigenvalue weighted by molar-refractivity contribution is 7.13. The van der Waals surface area contributed by atoms with Crippen molar-refractivity contribution < 1.29 is 9.59 Å². The number of hydrogen-bond donors (Lipinski definition) is 1. The van der Waals surface area contributed by atoms with Crippen molar-refractivity contribution in [3.8, 4) is 10.6 Å². The normalized spacial score (nSPS) is 16.0. The first-order chi connectivity index (χ1) is 15.6. The van der Waals surface area contributed by atoms with Crippen molar-refractivity contribution in [3.63, 3.8) is 0 Å². The lowest BCUT2D eigenvalue weighted by molar-refractivity contribution is -0.135. The van der Waals surface area contributed by atoms with Gasteiger partial charge in [0.05, 0.1) is 18.0 Å². The molecule has 1 N–H and O–H groups in total. The second-order valence-electron chi connectivity index (χ2n) is 8.39. The maximum Gasteiger partial charge on any atom is 0.227 e. The fraction of sp³-hybridized carbons (Fsp3) is 0.346. The van der Waals surface area contributed by atoms with E-state index in [9.17, 15) is 9.59 Å². The maximum absolute atomic E-state index is 12.7. The second kappa shape index (κ2) is 10.6. The Morgan fingerprint density at radius 2 is 1.91 bits per heavy atom. The smallest absolute Gasteiger partial charge is 0.227 e. The minimum atomic E-state index is -0.137. The number of hydrogen-bond acceptors (Lipinski definition) is 4. The van der Waals surface area contributed by atoms with Crippen molar-refractivity contribution >= 4 is 23.2 Å². The Kier molecular flexibility index (Phi) is 7.32. The molecule has 3 aromatic rings. The highest BCUT2D eigenvalue weighted by atomic mass is 32.1. The first-order valence-corrected chi connectivity index (χ1v) is 12.1. The van der Waals surface area contributed by atoms with E-state index in [-0.39, 0.29) is 17.7 Å². The van der Waals surface area contributed by atoms with Crippen LogP contribution in [0.25, 0.3) is 10.6 Å². The molecule has 0 aliphatic carbocycles. The van der Waals surface area contributed by atoms with Gasteiger partial charge < -0.3 is 10.2 Å². The van der Waals surface area contributed by atoms with Crippen LogP contribution in [0, 0.1) is 12.8 Å². The molecule has 4 rings (SSSR count). The summed E-state index contributed by atoms with van der Waals surface area (Å²) >= 11 is 1.63. The number of thiazole rings is 1. The van der Waals surface area contributed by atoms with Gasteiger partial charge in [0.15, 0.2) is 0 Å². The van der Waals surface area contributed by atoms with Crippen molar-refractivity contribution in [3.05, 3.63) is 76.8 Å².